The largest absolute Gasteiger partial charge is 0.378 e. The van der Waals surface area contributed by atoms with E-state index in [-0.39, 0.29) is 16.0 Å². The van der Waals surface area contributed by atoms with Crippen LogP contribution in [0.15, 0.2) is 12.4 Å². The highest BCUT2D eigenvalue weighted by atomic mass is 35.5. The van der Waals surface area contributed by atoms with Crippen LogP contribution in [0.5, 0.6) is 0 Å². The van der Waals surface area contributed by atoms with E-state index in [0.29, 0.717) is 31.9 Å². The third-order valence-electron chi connectivity index (χ3n) is 2.37. The second-order valence-corrected chi connectivity index (χ2v) is 4.20. The Morgan fingerprint density at radius 2 is 1.81 bits per heavy atom. The molecule has 86 valence electrons. The number of rotatable bonds is 1. The second-order valence-electron chi connectivity index (χ2n) is 3.38. The molecule has 0 spiro atoms. The average molecular weight is 261 g/mol. The van der Waals surface area contributed by atoms with Gasteiger partial charge in [-0.25, -0.2) is 0 Å². The Morgan fingerprint density at radius 3 is 2.38 bits per heavy atom. The number of morpholine rings is 1. The Hall–Kier alpha value is -0.840. The molecular weight excluding hydrogens is 251 g/mol. The zero-order chi connectivity index (χ0) is 11.5. The SMILES string of the molecule is O=C(c1c(Cl)cncc1Cl)N1CCOCC1. The molecule has 16 heavy (non-hydrogen) atoms. The maximum absolute atomic E-state index is 12.1. The average Bonchev–Trinajstić information content (AvgIpc) is 2.30. The summed E-state index contributed by atoms with van der Waals surface area (Å²) in [6.07, 6.45) is 2.84. The van der Waals surface area contributed by atoms with Gasteiger partial charge in [-0.1, -0.05) is 23.2 Å². The Bertz CT molecular complexity index is 386. The topological polar surface area (TPSA) is 42.4 Å². The zero-order valence-electron chi connectivity index (χ0n) is 8.45. The first-order valence-electron chi connectivity index (χ1n) is 4.86. The summed E-state index contributed by atoms with van der Waals surface area (Å²) >= 11 is 11.8. The number of ether oxygens (including phenoxy) is 1. The quantitative estimate of drug-likeness (QED) is 0.774. The Balaban J connectivity index is 2.26. The molecule has 1 aromatic rings. The van der Waals surface area contributed by atoms with Crippen molar-refractivity contribution in [2.45, 2.75) is 0 Å². The summed E-state index contributed by atoms with van der Waals surface area (Å²) in [5.74, 6) is -0.166. The number of halogens is 2. The molecule has 2 heterocycles. The summed E-state index contributed by atoms with van der Waals surface area (Å²) in [7, 11) is 0. The van der Waals surface area contributed by atoms with Crippen LogP contribution in [-0.2, 0) is 4.74 Å². The highest BCUT2D eigenvalue weighted by Gasteiger charge is 2.23. The van der Waals surface area contributed by atoms with Crippen LogP contribution in [0.1, 0.15) is 10.4 Å². The molecule has 1 saturated heterocycles. The van der Waals surface area contributed by atoms with Gasteiger partial charge in [0, 0.05) is 25.5 Å². The van der Waals surface area contributed by atoms with E-state index >= 15 is 0 Å². The van der Waals surface area contributed by atoms with Crippen LogP contribution in [0.3, 0.4) is 0 Å². The van der Waals surface area contributed by atoms with E-state index in [0.717, 1.165) is 0 Å². The number of pyridine rings is 1. The van der Waals surface area contributed by atoms with E-state index in [1.54, 1.807) is 4.90 Å². The minimum absolute atomic E-state index is 0.166. The summed E-state index contributed by atoms with van der Waals surface area (Å²) < 4.78 is 5.17. The van der Waals surface area contributed by atoms with Crippen molar-refractivity contribution in [3.8, 4) is 0 Å². The normalized spacial score (nSPS) is 16.2. The third kappa shape index (κ3) is 2.29. The maximum atomic E-state index is 12.1. The van der Waals surface area contributed by atoms with Crippen molar-refractivity contribution in [1.29, 1.82) is 0 Å². The first-order chi connectivity index (χ1) is 7.70. The molecule has 2 rings (SSSR count). The van der Waals surface area contributed by atoms with Crippen LogP contribution in [0.25, 0.3) is 0 Å². The number of carbonyl (C=O) groups is 1. The molecule has 1 fully saturated rings. The van der Waals surface area contributed by atoms with Gasteiger partial charge in [-0.15, -0.1) is 0 Å². The molecule has 4 nitrogen and oxygen atoms in total. The maximum Gasteiger partial charge on any atom is 0.257 e. The summed E-state index contributed by atoms with van der Waals surface area (Å²) in [5, 5.41) is 0.563. The lowest BCUT2D eigenvalue weighted by atomic mass is 10.2. The monoisotopic (exact) mass is 260 g/mol. The van der Waals surface area contributed by atoms with Crippen LogP contribution >= 0.6 is 23.2 Å². The molecule has 1 aliphatic rings. The van der Waals surface area contributed by atoms with Crippen molar-refractivity contribution < 1.29 is 9.53 Å². The van der Waals surface area contributed by atoms with Gasteiger partial charge >= 0.3 is 0 Å². The lowest BCUT2D eigenvalue weighted by molar-refractivity contribution is 0.0303. The van der Waals surface area contributed by atoms with E-state index in [1.807, 2.05) is 0 Å². The van der Waals surface area contributed by atoms with Crippen molar-refractivity contribution in [3.05, 3.63) is 28.0 Å². The van der Waals surface area contributed by atoms with Crippen molar-refractivity contribution in [2.75, 3.05) is 26.3 Å². The fourth-order valence-electron chi connectivity index (χ4n) is 1.54. The standard InChI is InChI=1S/C10H10Cl2N2O2/c11-7-5-13-6-8(12)9(7)10(15)14-1-3-16-4-2-14/h5-6H,1-4H2. The minimum atomic E-state index is -0.166. The lowest BCUT2D eigenvalue weighted by Crippen LogP contribution is -2.40. The third-order valence-corrected chi connectivity index (χ3v) is 2.94. The van der Waals surface area contributed by atoms with Gasteiger partial charge in [0.25, 0.3) is 5.91 Å². The number of hydrogen-bond acceptors (Lipinski definition) is 3. The van der Waals surface area contributed by atoms with E-state index in [1.165, 1.54) is 12.4 Å². The van der Waals surface area contributed by atoms with E-state index in [4.69, 9.17) is 27.9 Å². The smallest absolute Gasteiger partial charge is 0.257 e. The van der Waals surface area contributed by atoms with Gasteiger partial charge in [0.1, 0.15) is 0 Å². The summed E-state index contributed by atoms with van der Waals surface area (Å²) in [4.78, 5) is 17.6. The molecule has 6 heteroatoms. The first-order valence-corrected chi connectivity index (χ1v) is 5.62. The van der Waals surface area contributed by atoms with Crippen molar-refractivity contribution in [2.24, 2.45) is 0 Å². The molecule has 0 aliphatic carbocycles. The van der Waals surface area contributed by atoms with Crippen molar-refractivity contribution in [3.63, 3.8) is 0 Å². The molecule has 0 N–H and O–H groups in total. The molecule has 0 unspecified atom stereocenters. The summed E-state index contributed by atoms with van der Waals surface area (Å²) in [5.41, 5.74) is 0.320. The molecule has 0 aromatic carbocycles. The van der Waals surface area contributed by atoms with Crippen LogP contribution in [-0.4, -0.2) is 42.1 Å². The molecule has 0 saturated carbocycles. The van der Waals surface area contributed by atoms with Gasteiger partial charge in [0.05, 0.1) is 28.8 Å². The van der Waals surface area contributed by atoms with E-state index in [9.17, 15) is 4.79 Å². The predicted octanol–water partition coefficient (Wildman–Crippen LogP) is 1.86. The first kappa shape index (κ1) is 11.6. The molecule has 0 atom stereocenters. The fourth-order valence-corrected chi connectivity index (χ4v) is 2.07. The van der Waals surface area contributed by atoms with Gasteiger partial charge in [0.15, 0.2) is 0 Å². The molecule has 1 aliphatic heterocycles. The highest BCUT2D eigenvalue weighted by molar-refractivity contribution is 6.39. The van der Waals surface area contributed by atoms with Gasteiger partial charge in [-0.2, -0.15) is 0 Å². The Labute approximate surface area is 103 Å². The predicted molar refractivity (Wildman–Crippen MR) is 61.0 cm³/mol. The van der Waals surface area contributed by atoms with Gasteiger partial charge in [-0.05, 0) is 0 Å². The highest BCUT2D eigenvalue weighted by Crippen LogP contribution is 2.24. The Morgan fingerprint density at radius 1 is 1.25 bits per heavy atom. The number of carbonyl (C=O) groups excluding carboxylic acids is 1. The van der Waals surface area contributed by atoms with Gasteiger partial charge in [0.2, 0.25) is 0 Å². The lowest BCUT2D eigenvalue weighted by Gasteiger charge is -2.27. The van der Waals surface area contributed by atoms with E-state index < -0.39 is 0 Å². The molecule has 1 amide bonds. The number of nitrogens with zero attached hydrogens (tertiary/aromatic N) is 2. The molecule has 0 bridgehead atoms. The molecular formula is C10H10Cl2N2O2. The van der Waals surface area contributed by atoms with Crippen molar-refractivity contribution in [1.82, 2.24) is 9.88 Å². The van der Waals surface area contributed by atoms with Crippen LogP contribution in [0.2, 0.25) is 10.0 Å². The summed E-state index contributed by atoms with van der Waals surface area (Å²) in [6.45, 7) is 2.22. The number of amides is 1. The van der Waals surface area contributed by atoms with Gasteiger partial charge < -0.3 is 9.64 Å². The van der Waals surface area contributed by atoms with Crippen LogP contribution in [0, 0.1) is 0 Å². The van der Waals surface area contributed by atoms with E-state index in [2.05, 4.69) is 4.98 Å². The molecule has 1 aromatic heterocycles. The fraction of sp³-hybridized carbons (Fsp3) is 0.400. The van der Waals surface area contributed by atoms with Crippen molar-refractivity contribution >= 4 is 29.1 Å². The van der Waals surface area contributed by atoms with Gasteiger partial charge in [-0.3, -0.25) is 9.78 Å². The second kappa shape index (κ2) is 4.99. The minimum Gasteiger partial charge on any atom is -0.378 e. The van der Waals surface area contributed by atoms with Crippen LogP contribution in [0.4, 0.5) is 0 Å². The molecule has 0 radical (unpaired) electrons. The summed E-state index contributed by atoms with van der Waals surface area (Å²) in [6, 6.07) is 0. The number of hydrogen-bond donors (Lipinski definition) is 0. The van der Waals surface area contributed by atoms with Crippen LogP contribution < -0.4 is 0 Å². The number of aromatic nitrogens is 1. The zero-order valence-corrected chi connectivity index (χ0v) is 9.96. The Kier molecular flexibility index (Phi) is 3.63.